The smallest absolute Gasteiger partial charge is 0.289 e. The van der Waals surface area contributed by atoms with E-state index in [1.165, 1.54) is 5.56 Å². The molecule has 3 aromatic rings. The highest BCUT2D eigenvalue weighted by Crippen LogP contribution is 2.27. The molecule has 3 rings (SSSR count). The third kappa shape index (κ3) is 3.75. The highest BCUT2D eigenvalue weighted by molar-refractivity contribution is 7.71. The van der Waals surface area contributed by atoms with Crippen molar-refractivity contribution in [1.29, 1.82) is 0 Å². The molecule has 0 saturated heterocycles. The second-order valence-electron chi connectivity index (χ2n) is 5.01. The van der Waals surface area contributed by atoms with Crippen molar-refractivity contribution in [2.45, 2.75) is 13.6 Å². The largest absolute Gasteiger partial charge is 0.409 e. The first-order valence-corrected chi connectivity index (χ1v) is 8.03. The van der Waals surface area contributed by atoms with Gasteiger partial charge < -0.3 is 9.73 Å². The molecule has 1 aromatic heterocycles. The van der Waals surface area contributed by atoms with Gasteiger partial charge in [0.2, 0.25) is 5.89 Å². The van der Waals surface area contributed by atoms with Gasteiger partial charge in [-0.1, -0.05) is 35.3 Å². The SMILES string of the molecule is Cc1cccc(NCn2nc(-c3ccc(Cl)c(Cl)c3)oc2=S)c1. The quantitative estimate of drug-likeness (QED) is 0.614. The van der Waals surface area contributed by atoms with Crippen LogP contribution < -0.4 is 5.32 Å². The van der Waals surface area contributed by atoms with Crippen molar-refractivity contribution in [2.75, 3.05) is 5.32 Å². The highest BCUT2D eigenvalue weighted by Gasteiger charge is 2.10. The monoisotopic (exact) mass is 365 g/mol. The second kappa shape index (κ2) is 6.74. The van der Waals surface area contributed by atoms with Crippen molar-refractivity contribution in [3.8, 4) is 11.5 Å². The van der Waals surface area contributed by atoms with E-state index in [0.29, 0.717) is 22.6 Å². The Balaban J connectivity index is 1.81. The summed E-state index contributed by atoms with van der Waals surface area (Å²) in [4.78, 5) is 0.284. The summed E-state index contributed by atoms with van der Waals surface area (Å²) in [5.41, 5.74) is 2.89. The van der Waals surface area contributed by atoms with Crippen molar-refractivity contribution in [3.63, 3.8) is 0 Å². The summed E-state index contributed by atoms with van der Waals surface area (Å²) in [6.45, 7) is 2.45. The summed E-state index contributed by atoms with van der Waals surface area (Å²) in [5, 5.41) is 8.55. The van der Waals surface area contributed by atoms with Gasteiger partial charge in [-0.05, 0) is 55.0 Å². The molecule has 0 fully saturated rings. The molecule has 0 aliphatic heterocycles. The lowest BCUT2D eigenvalue weighted by molar-refractivity contribution is 0.522. The summed E-state index contributed by atoms with van der Waals surface area (Å²) in [6, 6.07) is 13.2. The van der Waals surface area contributed by atoms with Crippen molar-refractivity contribution in [2.24, 2.45) is 0 Å². The number of benzene rings is 2. The number of aromatic nitrogens is 2. The standard InChI is InChI=1S/C16H13Cl2N3OS/c1-10-3-2-4-12(7-10)19-9-21-16(23)22-15(20-21)11-5-6-13(17)14(18)8-11/h2-8,19H,9H2,1H3. The van der Waals surface area contributed by atoms with E-state index in [9.17, 15) is 0 Å². The number of hydrogen-bond donors (Lipinski definition) is 1. The molecule has 4 nitrogen and oxygen atoms in total. The van der Waals surface area contributed by atoms with E-state index < -0.39 is 0 Å². The molecule has 0 saturated carbocycles. The Morgan fingerprint density at radius 1 is 1.17 bits per heavy atom. The van der Waals surface area contributed by atoms with Crippen molar-refractivity contribution < 1.29 is 4.42 Å². The van der Waals surface area contributed by atoms with Gasteiger partial charge in [0.05, 0.1) is 10.0 Å². The van der Waals surface area contributed by atoms with E-state index >= 15 is 0 Å². The van der Waals surface area contributed by atoms with Crippen LogP contribution in [-0.4, -0.2) is 9.78 Å². The van der Waals surface area contributed by atoms with Gasteiger partial charge in [0.15, 0.2) is 0 Å². The summed E-state index contributed by atoms with van der Waals surface area (Å²) in [6.07, 6.45) is 0. The van der Waals surface area contributed by atoms with Gasteiger partial charge in [0, 0.05) is 11.3 Å². The molecular weight excluding hydrogens is 353 g/mol. The summed E-state index contributed by atoms with van der Waals surface area (Å²) >= 11 is 17.1. The highest BCUT2D eigenvalue weighted by atomic mass is 35.5. The van der Waals surface area contributed by atoms with Gasteiger partial charge in [0.25, 0.3) is 4.84 Å². The molecule has 0 radical (unpaired) electrons. The van der Waals surface area contributed by atoms with Gasteiger partial charge in [-0.25, -0.2) is 4.68 Å². The van der Waals surface area contributed by atoms with Crippen molar-refractivity contribution >= 4 is 41.1 Å². The number of nitrogens with zero attached hydrogens (tertiary/aromatic N) is 2. The number of nitrogens with one attached hydrogen (secondary N) is 1. The predicted octanol–water partition coefficient (Wildman–Crippen LogP) is 5.56. The van der Waals surface area contributed by atoms with E-state index in [2.05, 4.69) is 10.4 Å². The zero-order chi connectivity index (χ0) is 16.4. The maximum atomic E-state index is 6.02. The Morgan fingerprint density at radius 2 is 2.00 bits per heavy atom. The molecular formula is C16H13Cl2N3OS. The lowest BCUT2D eigenvalue weighted by atomic mass is 10.2. The first-order chi connectivity index (χ1) is 11.0. The van der Waals surface area contributed by atoms with Crippen LogP contribution >= 0.6 is 35.4 Å². The minimum atomic E-state index is 0.284. The first-order valence-electron chi connectivity index (χ1n) is 6.87. The van der Waals surface area contributed by atoms with Crippen LogP contribution in [0.25, 0.3) is 11.5 Å². The molecule has 23 heavy (non-hydrogen) atoms. The molecule has 1 N–H and O–H groups in total. The van der Waals surface area contributed by atoms with Crippen LogP contribution in [0.2, 0.25) is 10.0 Å². The number of halogens is 2. The third-order valence-corrected chi connectivity index (χ3v) is 4.26. The van der Waals surface area contributed by atoms with Crippen molar-refractivity contribution in [3.05, 3.63) is 62.9 Å². The van der Waals surface area contributed by atoms with Crippen LogP contribution in [0.1, 0.15) is 5.56 Å². The molecule has 1 heterocycles. The average Bonchev–Trinajstić information content (AvgIpc) is 2.89. The summed E-state index contributed by atoms with van der Waals surface area (Å²) in [7, 11) is 0. The van der Waals surface area contributed by atoms with E-state index in [-0.39, 0.29) is 4.84 Å². The second-order valence-corrected chi connectivity index (χ2v) is 6.17. The number of rotatable bonds is 4. The molecule has 0 bridgehead atoms. The first kappa shape index (κ1) is 16.1. The van der Waals surface area contributed by atoms with Crippen LogP contribution in [0.5, 0.6) is 0 Å². The molecule has 2 aromatic carbocycles. The molecule has 0 unspecified atom stereocenters. The minimum Gasteiger partial charge on any atom is -0.409 e. The van der Waals surface area contributed by atoms with Gasteiger partial charge in [0.1, 0.15) is 6.67 Å². The Labute approximate surface area is 148 Å². The Bertz CT molecular complexity index is 904. The topological polar surface area (TPSA) is 43.0 Å². The minimum absolute atomic E-state index is 0.284. The maximum Gasteiger partial charge on any atom is 0.289 e. The molecule has 0 atom stereocenters. The van der Waals surface area contributed by atoms with Gasteiger partial charge in [-0.15, -0.1) is 5.10 Å². The van der Waals surface area contributed by atoms with E-state index in [1.807, 2.05) is 31.2 Å². The zero-order valence-corrected chi connectivity index (χ0v) is 14.5. The Hall–Kier alpha value is -1.82. The lowest BCUT2D eigenvalue weighted by Gasteiger charge is -2.06. The summed E-state index contributed by atoms with van der Waals surface area (Å²) in [5.74, 6) is 0.402. The number of hydrogen-bond acceptors (Lipinski definition) is 4. The molecule has 0 spiro atoms. The number of aryl methyl sites for hydroxylation is 1. The normalized spacial score (nSPS) is 10.7. The van der Waals surface area contributed by atoms with Gasteiger partial charge in [-0.3, -0.25) is 0 Å². The predicted molar refractivity (Wildman–Crippen MR) is 95.6 cm³/mol. The Kier molecular flexibility index (Phi) is 4.71. The van der Waals surface area contributed by atoms with Crippen LogP contribution in [0.4, 0.5) is 5.69 Å². The van der Waals surface area contributed by atoms with Crippen LogP contribution in [0.15, 0.2) is 46.9 Å². The molecule has 0 aliphatic carbocycles. The maximum absolute atomic E-state index is 6.02. The molecule has 0 amide bonds. The summed E-state index contributed by atoms with van der Waals surface area (Å²) < 4.78 is 7.11. The molecule has 118 valence electrons. The zero-order valence-electron chi connectivity index (χ0n) is 12.2. The molecule has 7 heteroatoms. The fraction of sp³-hybridized carbons (Fsp3) is 0.125. The van der Waals surface area contributed by atoms with Crippen LogP contribution in [0.3, 0.4) is 0 Å². The van der Waals surface area contributed by atoms with Crippen LogP contribution in [0, 0.1) is 11.8 Å². The van der Waals surface area contributed by atoms with Gasteiger partial charge in [-0.2, -0.15) is 0 Å². The average molecular weight is 366 g/mol. The van der Waals surface area contributed by atoms with E-state index in [0.717, 1.165) is 11.3 Å². The van der Waals surface area contributed by atoms with Gasteiger partial charge >= 0.3 is 0 Å². The van der Waals surface area contributed by atoms with E-state index in [4.69, 9.17) is 39.8 Å². The fourth-order valence-corrected chi connectivity index (χ4v) is 2.56. The third-order valence-electron chi connectivity index (χ3n) is 3.22. The lowest BCUT2D eigenvalue weighted by Crippen LogP contribution is -2.09. The number of anilines is 1. The Morgan fingerprint density at radius 3 is 2.74 bits per heavy atom. The molecule has 0 aliphatic rings. The fourth-order valence-electron chi connectivity index (χ4n) is 2.07. The van der Waals surface area contributed by atoms with E-state index in [1.54, 1.807) is 22.9 Å². The van der Waals surface area contributed by atoms with Crippen molar-refractivity contribution in [1.82, 2.24) is 9.78 Å². The van der Waals surface area contributed by atoms with Crippen LogP contribution in [-0.2, 0) is 6.67 Å².